The number of aliphatic hydroxyl groups is 1. The van der Waals surface area contributed by atoms with Crippen molar-refractivity contribution in [2.24, 2.45) is 0 Å². The number of hydrogen-bond donors (Lipinski definition) is 1. The van der Waals surface area contributed by atoms with Gasteiger partial charge in [-0.05, 0) is 25.7 Å². The molecule has 0 bridgehead atoms. The summed E-state index contributed by atoms with van der Waals surface area (Å²) in [5, 5.41) is 10.6. The second kappa shape index (κ2) is 22.2. The van der Waals surface area contributed by atoms with E-state index in [1.165, 1.54) is 128 Å². The predicted octanol–water partition coefficient (Wildman–Crippen LogP) is 7.77. The summed E-state index contributed by atoms with van der Waals surface area (Å²) in [7, 11) is 0. The van der Waals surface area contributed by atoms with E-state index in [9.17, 15) is 5.11 Å². The summed E-state index contributed by atoms with van der Waals surface area (Å²) in [5.74, 6) is 0. The molecule has 0 atom stereocenters. The maximum absolute atomic E-state index is 10.6. The Kier molecular flexibility index (Phi) is 19.1. The minimum Gasteiger partial charge on any atom is -0.385 e. The quantitative estimate of drug-likeness (QED) is 0.0979. The fourth-order valence-corrected chi connectivity index (χ4v) is 5.47. The van der Waals surface area contributed by atoms with Crippen LogP contribution in [0.2, 0.25) is 0 Å². The fraction of sp³-hybridized carbons (Fsp3) is 0.818. The second-order valence-corrected chi connectivity index (χ2v) is 11.7. The molecule has 0 aliphatic carbocycles. The molecule has 1 N–H and O–H groups in total. The Labute approximate surface area is 235 Å². The molecule has 0 saturated carbocycles. The molecule has 218 valence electrons. The van der Waals surface area contributed by atoms with Crippen molar-refractivity contribution in [3.8, 4) is 0 Å². The lowest BCUT2D eigenvalue weighted by Crippen LogP contribution is -2.46. The highest BCUT2D eigenvalue weighted by atomic mass is 16.3. The Morgan fingerprint density at radius 2 is 0.816 bits per heavy atom. The SMILES string of the molecule is CCCCCCCCCCCCn1cc[n+](CC(O)C[n+]2ccn(CCCCCCCCCCCC)c2)c1. The van der Waals surface area contributed by atoms with Crippen molar-refractivity contribution in [1.82, 2.24) is 9.13 Å². The Bertz CT molecular complexity index is 719. The van der Waals surface area contributed by atoms with Crippen LogP contribution in [0.1, 0.15) is 142 Å². The van der Waals surface area contributed by atoms with Gasteiger partial charge in [0.2, 0.25) is 12.7 Å². The number of unbranched alkanes of at least 4 members (excludes halogenated alkanes) is 18. The normalized spacial score (nSPS) is 11.7. The molecule has 5 nitrogen and oxygen atoms in total. The summed E-state index contributed by atoms with van der Waals surface area (Å²) in [4.78, 5) is 0. The van der Waals surface area contributed by atoms with Crippen molar-refractivity contribution in [2.75, 3.05) is 0 Å². The second-order valence-electron chi connectivity index (χ2n) is 11.7. The Morgan fingerprint density at radius 1 is 0.500 bits per heavy atom. The van der Waals surface area contributed by atoms with Gasteiger partial charge in [-0.25, -0.2) is 18.3 Å². The molecule has 2 rings (SSSR count). The standard InChI is InChI=1S/C33H62N4O/c1-3-5-7-9-11-13-15-17-19-21-23-34-25-27-36(31-34)29-33(38)30-37-28-26-35(32-37)24-22-20-18-16-14-12-10-8-6-4-2/h25-28,31-33,38H,3-24,29-30H2,1-2H3/q+2. The van der Waals surface area contributed by atoms with Gasteiger partial charge in [0.1, 0.15) is 44.0 Å². The van der Waals surface area contributed by atoms with E-state index >= 15 is 0 Å². The Morgan fingerprint density at radius 3 is 1.16 bits per heavy atom. The molecule has 0 radical (unpaired) electrons. The summed E-state index contributed by atoms with van der Waals surface area (Å²) < 4.78 is 8.80. The number of aryl methyl sites for hydroxylation is 2. The molecule has 0 saturated heterocycles. The van der Waals surface area contributed by atoms with Crippen molar-refractivity contribution >= 4 is 0 Å². The topological polar surface area (TPSA) is 37.9 Å². The van der Waals surface area contributed by atoms with Gasteiger partial charge in [-0.2, -0.15) is 0 Å². The van der Waals surface area contributed by atoms with Gasteiger partial charge in [0.05, 0.1) is 13.1 Å². The van der Waals surface area contributed by atoms with Crippen LogP contribution in [0, 0.1) is 0 Å². The first-order valence-electron chi connectivity index (χ1n) is 16.5. The van der Waals surface area contributed by atoms with Crippen molar-refractivity contribution in [2.45, 2.75) is 175 Å². The van der Waals surface area contributed by atoms with Crippen LogP contribution < -0.4 is 9.13 Å². The van der Waals surface area contributed by atoms with E-state index in [0.29, 0.717) is 13.1 Å². The van der Waals surface area contributed by atoms with Crippen LogP contribution in [0.4, 0.5) is 0 Å². The average Bonchev–Trinajstić information content (AvgIpc) is 3.55. The molecular formula is C33H62N4O+2. The molecule has 0 spiro atoms. The van der Waals surface area contributed by atoms with Gasteiger partial charge < -0.3 is 5.11 Å². The van der Waals surface area contributed by atoms with Gasteiger partial charge >= 0.3 is 0 Å². The summed E-state index contributed by atoms with van der Waals surface area (Å²) in [5.41, 5.74) is 0. The van der Waals surface area contributed by atoms with Gasteiger partial charge in [-0.3, -0.25) is 0 Å². The highest BCUT2D eigenvalue weighted by Gasteiger charge is 2.15. The number of nitrogens with zero attached hydrogens (tertiary/aromatic N) is 4. The highest BCUT2D eigenvalue weighted by Crippen LogP contribution is 2.12. The predicted molar refractivity (Wildman–Crippen MR) is 159 cm³/mol. The van der Waals surface area contributed by atoms with Crippen molar-refractivity contribution in [3.63, 3.8) is 0 Å². The zero-order chi connectivity index (χ0) is 27.1. The molecular weight excluding hydrogens is 468 g/mol. The van der Waals surface area contributed by atoms with Crippen molar-refractivity contribution < 1.29 is 14.2 Å². The molecule has 5 heteroatoms. The lowest BCUT2D eigenvalue weighted by Gasteiger charge is -2.05. The summed E-state index contributed by atoms with van der Waals surface area (Å²) >= 11 is 0. The first kappa shape index (κ1) is 32.6. The summed E-state index contributed by atoms with van der Waals surface area (Å²) in [6.45, 7) is 8.01. The van der Waals surface area contributed by atoms with Crippen LogP contribution in [-0.2, 0) is 26.2 Å². The van der Waals surface area contributed by atoms with Crippen LogP contribution in [0.3, 0.4) is 0 Å². The summed E-state index contributed by atoms with van der Waals surface area (Å²) in [6.07, 6.45) is 39.9. The maximum atomic E-state index is 10.6. The number of imidazole rings is 2. The molecule has 0 aromatic carbocycles. The first-order valence-corrected chi connectivity index (χ1v) is 16.5. The first-order chi connectivity index (χ1) is 18.7. The molecule has 0 aliphatic heterocycles. The van der Waals surface area contributed by atoms with Gasteiger partial charge in [0, 0.05) is 0 Å². The van der Waals surface area contributed by atoms with Crippen LogP contribution >= 0.6 is 0 Å². The van der Waals surface area contributed by atoms with Gasteiger partial charge in [-0.1, -0.05) is 117 Å². The number of aromatic nitrogens is 4. The fourth-order valence-electron chi connectivity index (χ4n) is 5.47. The molecule has 2 aromatic rings. The van der Waals surface area contributed by atoms with Gasteiger partial charge in [0.25, 0.3) is 0 Å². The van der Waals surface area contributed by atoms with E-state index in [1.807, 2.05) is 0 Å². The lowest BCUT2D eigenvalue weighted by molar-refractivity contribution is -0.737. The minimum absolute atomic E-state index is 0.383. The van der Waals surface area contributed by atoms with E-state index in [-0.39, 0.29) is 6.10 Å². The minimum atomic E-state index is -0.383. The lowest BCUT2D eigenvalue weighted by atomic mass is 10.1. The van der Waals surface area contributed by atoms with Crippen molar-refractivity contribution in [1.29, 1.82) is 0 Å². The third-order valence-corrected chi connectivity index (χ3v) is 7.88. The highest BCUT2D eigenvalue weighted by molar-refractivity contribution is 4.68. The van der Waals surface area contributed by atoms with Crippen molar-refractivity contribution in [3.05, 3.63) is 37.4 Å². The van der Waals surface area contributed by atoms with E-state index in [0.717, 1.165) is 13.1 Å². The number of aliphatic hydroxyl groups excluding tert-OH is 1. The van der Waals surface area contributed by atoms with Crippen LogP contribution in [0.5, 0.6) is 0 Å². The number of rotatable bonds is 26. The average molecular weight is 531 g/mol. The van der Waals surface area contributed by atoms with E-state index in [2.05, 4.69) is 69.6 Å². The van der Waals surface area contributed by atoms with E-state index in [4.69, 9.17) is 0 Å². The van der Waals surface area contributed by atoms with Crippen LogP contribution in [0.15, 0.2) is 37.4 Å². The monoisotopic (exact) mass is 530 g/mol. The largest absolute Gasteiger partial charge is 0.385 e. The smallest absolute Gasteiger partial charge is 0.243 e. The number of hydrogen-bond acceptors (Lipinski definition) is 1. The van der Waals surface area contributed by atoms with Gasteiger partial charge in [-0.15, -0.1) is 0 Å². The molecule has 0 fully saturated rings. The molecule has 0 aliphatic rings. The molecule has 38 heavy (non-hydrogen) atoms. The zero-order valence-corrected chi connectivity index (χ0v) is 25.2. The Hall–Kier alpha value is -1.62. The Balaban J connectivity index is 1.49. The third-order valence-electron chi connectivity index (χ3n) is 7.88. The summed E-state index contributed by atoms with van der Waals surface area (Å²) in [6, 6.07) is 0. The molecule has 0 unspecified atom stereocenters. The van der Waals surface area contributed by atoms with Crippen LogP contribution in [-0.4, -0.2) is 20.3 Å². The third kappa shape index (κ3) is 16.4. The van der Waals surface area contributed by atoms with E-state index < -0.39 is 0 Å². The zero-order valence-electron chi connectivity index (χ0n) is 25.2. The van der Waals surface area contributed by atoms with Crippen LogP contribution in [0.25, 0.3) is 0 Å². The van der Waals surface area contributed by atoms with E-state index in [1.54, 1.807) is 0 Å². The maximum Gasteiger partial charge on any atom is 0.243 e. The molecule has 2 aromatic heterocycles. The van der Waals surface area contributed by atoms with Gasteiger partial charge in [0.15, 0.2) is 0 Å². The molecule has 0 amide bonds. The molecule has 2 heterocycles.